The first-order valence-electron chi connectivity index (χ1n) is 14.8. The lowest BCUT2D eigenvalue weighted by molar-refractivity contribution is -0.119. The van der Waals surface area contributed by atoms with Crippen LogP contribution in [0.2, 0.25) is 16.6 Å². The van der Waals surface area contributed by atoms with Crippen LogP contribution < -0.4 is 9.47 Å². The average molecular weight is 572 g/mol. The number of amides is 1. The second-order valence-electron chi connectivity index (χ2n) is 13.8. The van der Waals surface area contributed by atoms with Crippen LogP contribution in [0.4, 0.5) is 4.79 Å². The molecule has 8 heteroatoms. The van der Waals surface area contributed by atoms with Crippen molar-refractivity contribution in [3.63, 3.8) is 0 Å². The SMILES string of the molecule is COc1ccc2c(c1OC)[C@]13C=CC(=O)C[C@@]1(C[C@@H]2O[Si](C(C)C)(C(C)C)C(C)C)N(C(=O)OC(C)(C)C)CC3. The topological polar surface area (TPSA) is 74.3 Å². The predicted molar refractivity (Wildman–Crippen MR) is 160 cm³/mol. The van der Waals surface area contributed by atoms with Gasteiger partial charge in [-0.15, -0.1) is 0 Å². The van der Waals surface area contributed by atoms with Crippen LogP contribution in [-0.2, 0) is 19.4 Å². The number of allylic oxidation sites excluding steroid dienone is 1. The summed E-state index contributed by atoms with van der Waals surface area (Å²) in [5, 5.41) is 0. The molecule has 4 rings (SSSR count). The van der Waals surface area contributed by atoms with Gasteiger partial charge in [0.2, 0.25) is 8.32 Å². The summed E-state index contributed by atoms with van der Waals surface area (Å²) < 4.78 is 25.3. The fourth-order valence-corrected chi connectivity index (χ4v) is 13.8. The summed E-state index contributed by atoms with van der Waals surface area (Å²) in [6, 6.07) is 4.07. The Morgan fingerprint density at radius 3 is 2.17 bits per heavy atom. The van der Waals surface area contributed by atoms with E-state index >= 15 is 0 Å². The minimum Gasteiger partial charge on any atom is -0.493 e. The van der Waals surface area contributed by atoms with Crippen LogP contribution in [0.15, 0.2) is 24.3 Å². The van der Waals surface area contributed by atoms with Gasteiger partial charge in [0.25, 0.3) is 0 Å². The Morgan fingerprint density at radius 1 is 1.02 bits per heavy atom. The predicted octanol–water partition coefficient (Wildman–Crippen LogP) is 7.49. The lowest BCUT2D eigenvalue weighted by atomic mass is 9.54. The molecule has 40 heavy (non-hydrogen) atoms. The molecule has 1 fully saturated rings. The van der Waals surface area contributed by atoms with E-state index in [9.17, 15) is 9.59 Å². The molecule has 1 heterocycles. The number of carbonyl (C=O) groups excluding carboxylic acids is 2. The standard InChI is InChI=1S/C32H49NO6Si/c1-20(2)40(21(3)4,22(5)6)39-26-19-32-18-23(34)14-15-31(32,16-17-33(32)29(35)38-30(7,8)9)27-24(26)12-13-25(36-10)28(27)37-11/h12-15,20-22,26H,16-19H2,1-11H3/t26-,31+,32-/m0/s1. The van der Waals surface area contributed by atoms with Crippen molar-refractivity contribution in [2.45, 2.75) is 121 Å². The summed E-state index contributed by atoms with van der Waals surface area (Å²) in [5.41, 5.74) is 1.02. The first kappa shape index (κ1) is 30.6. The molecule has 7 nitrogen and oxygen atoms in total. The summed E-state index contributed by atoms with van der Waals surface area (Å²) in [5.74, 6) is 1.29. The normalized spacial score (nSPS) is 26.2. The van der Waals surface area contributed by atoms with E-state index in [0.717, 1.165) is 11.1 Å². The summed E-state index contributed by atoms with van der Waals surface area (Å²) >= 11 is 0. The van der Waals surface area contributed by atoms with Crippen molar-refractivity contribution in [3.05, 3.63) is 35.4 Å². The van der Waals surface area contributed by atoms with Crippen LogP contribution in [0, 0.1) is 0 Å². The van der Waals surface area contributed by atoms with Crippen molar-refractivity contribution >= 4 is 20.2 Å². The Hall–Kier alpha value is -2.32. The van der Waals surface area contributed by atoms with Crippen molar-refractivity contribution in [3.8, 4) is 11.5 Å². The molecular formula is C32H49NO6Si. The first-order chi connectivity index (χ1) is 18.6. The van der Waals surface area contributed by atoms with Crippen molar-refractivity contribution in [1.29, 1.82) is 0 Å². The van der Waals surface area contributed by atoms with Gasteiger partial charge in [-0.05, 0) is 61.5 Å². The van der Waals surface area contributed by atoms with E-state index in [1.807, 2.05) is 37.8 Å². The Labute approximate surface area is 241 Å². The van der Waals surface area contributed by atoms with Gasteiger partial charge in [0.1, 0.15) is 5.60 Å². The summed E-state index contributed by atoms with van der Waals surface area (Å²) in [7, 11) is 0.949. The monoisotopic (exact) mass is 571 g/mol. The molecular weight excluding hydrogens is 522 g/mol. The Balaban J connectivity index is 2.02. The van der Waals surface area contributed by atoms with Crippen molar-refractivity contribution in [2.75, 3.05) is 20.8 Å². The molecule has 0 radical (unpaired) electrons. The maximum absolute atomic E-state index is 13.9. The van der Waals surface area contributed by atoms with Gasteiger partial charge in [0.05, 0.1) is 25.9 Å². The lowest BCUT2D eigenvalue weighted by Gasteiger charge is -2.57. The van der Waals surface area contributed by atoms with Gasteiger partial charge in [-0.2, -0.15) is 0 Å². The van der Waals surface area contributed by atoms with Crippen molar-refractivity contribution in [2.24, 2.45) is 0 Å². The zero-order valence-electron chi connectivity index (χ0n) is 26.3. The fourth-order valence-electron chi connectivity index (χ4n) is 8.29. The van der Waals surface area contributed by atoms with Gasteiger partial charge in [0, 0.05) is 30.4 Å². The molecule has 3 atom stereocenters. The van der Waals surface area contributed by atoms with E-state index in [1.165, 1.54) is 0 Å². The van der Waals surface area contributed by atoms with E-state index in [0.29, 0.717) is 47.5 Å². The third-order valence-corrected chi connectivity index (χ3v) is 15.8. The minimum absolute atomic E-state index is 0.00948. The molecule has 0 saturated carbocycles. The number of ether oxygens (including phenoxy) is 3. The largest absolute Gasteiger partial charge is 0.493 e. The van der Waals surface area contributed by atoms with Gasteiger partial charge in [-0.1, -0.05) is 53.7 Å². The number of likely N-dealkylation sites (tertiary alicyclic amines) is 1. The molecule has 0 bridgehead atoms. The molecule has 0 N–H and O–H groups in total. The molecule has 1 aromatic carbocycles. The fraction of sp³-hybridized carbons (Fsp3) is 0.688. The van der Waals surface area contributed by atoms with Gasteiger partial charge in [-0.25, -0.2) is 4.79 Å². The Bertz CT molecular complexity index is 1160. The molecule has 1 aromatic rings. The van der Waals surface area contributed by atoms with Crippen LogP contribution >= 0.6 is 0 Å². The molecule has 0 spiro atoms. The third-order valence-electron chi connectivity index (χ3n) is 9.66. The van der Waals surface area contributed by atoms with Gasteiger partial charge < -0.3 is 23.5 Å². The molecule has 0 aromatic heterocycles. The number of fused-ring (bicyclic) bond motifs is 1. The van der Waals surface area contributed by atoms with Crippen molar-refractivity contribution < 1.29 is 28.2 Å². The second-order valence-corrected chi connectivity index (χ2v) is 19.2. The van der Waals surface area contributed by atoms with E-state index in [2.05, 4.69) is 47.6 Å². The van der Waals surface area contributed by atoms with Crippen LogP contribution in [0.3, 0.4) is 0 Å². The average Bonchev–Trinajstić information content (AvgIpc) is 3.19. The molecule has 222 valence electrons. The van der Waals surface area contributed by atoms with Gasteiger partial charge >= 0.3 is 6.09 Å². The molecule has 1 aliphatic heterocycles. The number of rotatable bonds is 7. The number of hydrogen-bond donors (Lipinski definition) is 0. The summed E-state index contributed by atoms with van der Waals surface area (Å²) in [4.78, 5) is 28.9. The van der Waals surface area contributed by atoms with E-state index in [1.54, 1.807) is 20.3 Å². The maximum atomic E-state index is 13.9. The van der Waals surface area contributed by atoms with E-state index in [4.69, 9.17) is 18.6 Å². The molecule has 2 aliphatic carbocycles. The van der Waals surface area contributed by atoms with Crippen LogP contribution in [0.1, 0.15) is 98.8 Å². The highest BCUT2D eigenvalue weighted by atomic mass is 28.4. The Morgan fingerprint density at radius 2 is 1.65 bits per heavy atom. The lowest BCUT2D eigenvalue weighted by Crippen LogP contribution is -2.63. The highest BCUT2D eigenvalue weighted by Crippen LogP contribution is 2.65. The van der Waals surface area contributed by atoms with Gasteiger partial charge in [0.15, 0.2) is 17.3 Å². The number of methoxy groups -OCH3 is 2. The summed E-state index contributed by atoms with van der Waals surface area (Å²) in [6.07, 6.45) is 4.40. The zero-order chi connectivity index (χ0) is 29.8. The number of nitrogens with zero attached hydrogens (tertiary/aromatic N) is 1. The van der Waals surface area contributed by atoms with Crippen molar-refractivity contribution in [1.82, 2.24) is 4.90 Å². The van der Waals surface area contributed by atoms with Crippen LogP contribution in [-0.4, -0.2) is 57.0 Å². The number of ketones is 1. The van der Waals surface area contributed by atoms with Gasteiger partial charge in [-0.3, -0.25) is 4.79 Å². The van der Waals surface area contributed by atoms with E-state index < -0.39 is 24.9 Å². The highest BCUT2D eigenvalue weighted by molar-refractivity contribution is 6.77. The zero-order valence-corrected chi connectivity index (χ0v) is 27.3. The summed E-state index contributed by atoms with van der Waals surface area (Å²) in [6.45, 7) is 19.8. The third kappa shape index (κ3) is 4.50. The second kappa shape index (κ2) is 10.5. The molecule has 1 saturated heterocycles. The molecule has 3 aliphatic rings. The Kier molecular flexibility index (Phi) is 8.04. The number of benzene rings is 1. The molecule has 0 unspecified atom stereocenters. The maximum Gasteiger partial charge on any atom is 0.410 e. The van der Waals surface area contributed by atoms with E-state index in [-0.39, 0.29) is 24.4 Å². The van der Waals surface area contributed by atoms with Crippen LogP contribution in [0.5, 0.6) is 11.5 Å². The first-order valence-corrected chi connectivity index (χ1v) is 16.9. The number of carbonyl (C=O) groups is 2. The smallest absolute Gasteiger partial charge is 0.410 e. The minimum atomic E-state index is -2.35. The van der Waals surface area contributed by atoms with Crippen LogP contribution in [0.25, 0.3) is 0 Å². The highest BCUT2D eigenvalue weighted by Gasteiger charge is 2.68. The number of hydrogen-bond acceptors (Lipinski definition) is 6. The quantitative estimate of drug-likeness (QED) is 0.316. The molecule has 1 amide bonds.